The maximum Gasteiger partial charge on any atom is 0.222 e. The molecule has 3 rings (SSSR count). The van der Waals surface area contributed by atoms with Crippen molar-refractivity contribution in [2.24, 2.45) is 0 Å². The number of amides is 1. The Bertz CT molecular complexity index is 837. The standard InChI is InChI=1S/C15H17ClN4O5/c1-7(23)19-12-10-8(4-21)3-20(13(10)18-6-17-12)14-15(2,16)11(24)9(5-22)25-14/h3-4,6,9,11,14,22,24H,5H2,1-2H3,(H,17,18,19,23)/t9?,11?,14-,15-/m1/s1. The van der Waals surface area contributed by atoms with Gasteiger partial charge in [-0.25, -0.2) is 9.97 Å². The predicted octanol–water partition coefficient (Wildman–Crippen LogP) is 0.450. The molecule has 10 heteroatoms. The van der Waals surface area contributed by atoms with Gasteiger partial charge in [0.05, 0.1) is 12.0 Å². The van der Waals surface area contributed by atoms with Crippen molar-refractivity contribution in [2.75, 3.05) is 11.9 Å². The number of aliphatic hydroxyl groups is 2. The number of carbonyl (C=O) groups is 2. The molecule has 0 radical (unpaired) electrons. The SMILES string of the molecule is CC(=O)Nc1ncnc2c1c(C=O)cn2[C@@H]1OC(CO)C(O)[C@@]1(C)Cl. The lowest BCUT2D eigenvalue weighted by Gasteiger charge is -2.26. The first kappa shape index (κ1) is 17.7. The van der Waals surface area contributed by atoms with Crippen LogP contribution in [0, 0.1) is 0 Å². The van der Waals surface area contributed by atoms with E-state index in [9.17, 15) is 19.8 Å². The van der Waals surface area contributed by atoms with Crippen LogP contribution in [0.15, 0.2) is 12.5 Å². The summed E-state index contributed by atoms with van der Waals surface area (Å²) in [5.41, 5.74) is 0.542. The Morgan fingerprint density at radius 2 is 2.28 bits per heavy atom. The van der Waals surface area contributed by atoms with Crippen LogP contribution in [-0.4, -0.2) is 60.6 Å². The van der Waals surface area contributed by atoms with Gasteiger partial charge in [-0.3, -0.25) is 9.59 Å². The van der Waals surface area contributed by atoms with E-state index in [0.29, 0.717) is 17.3 Å². The topological polar surface area (TPSA) is 127 Å². The monoisotopic (exact) mass is 368 g/mol. The summed E-state index contributed by atoms with van der Waals surface area (Å²) in [6.45, 7) is 2.48. The zero-order valence-electron chi connectivity index (χ0n) is 13.5. The number of aliphatic hydroxyl groups excluding tert-OH is 2. The average molecular weight is 369 g/mol. The van der Waals surface area contributed by atoms with Crippen molar-refractivity contribution < 1.29 is 24.5 Å². The number of rotatable bonds is 4. The Labute approximate surface area is 147 Å². The third-order valence-corrected chi connectivity index (χ3v) is 4.62. The lowest BCUT2D eigenvalue weighted by molar-refractivity contribution is -0.114. The Balaban J connectivity index is 2.18. The van der Waals surface area contributed by atoms with Crippen molar-refractivity contribution in [1.82, 2.24) is 14.5 Å². The van der Waals surface area contributed by atoms with E-state index in [2.05, 4.69) is 15.3 Å². The van der Waals surface area contributed by atoms with Gasteiger partial charge in [0.25, 0.3) is 0 Å². The Kier molecular flexibility index (Phi) is 4.50. The summed E-state index contributed by atoms with van der Waals surface area (Å²) in [5.74, 6) is -0.161. The van der Waals surface area contributed by atoms with Crippen LogP contribution in [-0.2, 0) is 9.53 Å². The van der Waals surface area contributed by atoms with Gasteiger partial charge in [-0.05, 0) is 6.92 Å². The van der Waals surface area contributed by atoms with E-state index in [1.54, 1.807) is 6.92 Å². The van der Waals surface area contributed by atoms with Crippen molar-refractivity contribution in [1.29, 1.82) is 0 Å². The van der Waals surface area contributed by atoms with Crippen LogP contribution in [0.4, 0.5) is 5.82 Å². The molecule has 3 N–H and O–H groups in total. The number of carbonyl (C=O) groups excluding carboxylic acids is 2. The van der Waals surface area contributed by atoms with Gasteiger partial charge in [0.2, 0.25) is 5.91 Å². The minimum absolute atomic E-state index is 0.187. The van der Waals surface area contributed by atoms with E-state index < -0.39 is 29.9 Å². The van der Waals surface area contributed by atoms with Gasteiger partial charge >= 0.3 is 0 Å². The minimum atomic E-state index is -1.27. The van der Waals surface area contributed by atoms with Crippen molar-refractivity contribution in [3.63, 3.8) is 0 Å². The Hall–Kier alpha value is -2.07. The lowest BCUT2D eigenvalue weighted by atomic mass is 10.0. The molecule has 0 saturated carbocycles. The van der Waals surface area contributed by atoms with E-state index in [-0.39, 0.29) is 17.3 Å². The zero-order valence-corrected chi connectivity index (χ0v) is 14.3. The van der Waals surface area contributed by atoms with Crippen LogP contribution < -0.4 is 5.32 Å². The van der Waals surface area contributed by atoms with Gasteiger partial charge in [-0.15, -0.1) is 11.6 Å². The number of anilines is 1. The molecule has 9 nitrogen and oxygen atoms in total. The molecule has 1 fully saturated rings. The number of nitrogens with zero attached hydrogens (tertiary/aromatic N) is 3. The fourth-order valence-corrected chi connectivity index (χ4v) is 3.30. The van der Waals surface area contributed by atoms with Gasteiger partial charge in [0.15, 0.2) is 12.5 Å². The van der Waals surface area contributed by atoms with Crippen LogP contribution in [0.2, 0.25) is 0 Å². The summed E-state index contributed by atoms with van der Waals surface area (Å²) < 4.78 is 7.18. The first-order valence-corrected chi connectivity index (χ1v) is 7.90. The summed E-state index contributed by atoms with van der Waals surface area (Å²) in [7, 11) is 0. The maximum atomic E-state index is 11.5. The molecular weight excluding hydrogens is 352 g/mol. The van der Waals surface area contributed by atoms with E-state index in [4.69, 9.17) is 16.3 Å². The molecule has 1 aliphatic heterocycles. The minimum Gasteiger partial charge on any atom is -0.394 e. The number of fused-ring (bicyclic) bond motifs is 1. The highest BCUT2D eigenvalue weighted by molar-refractivity contribution is 6.24. The molecule has 3 heterocycles. The number of hydrogen-bond acceptors (Lipinski definition) is 7. The Morgan fingerprint density at radius 1 is 1.56 bits per heavy atom. The van der Waals surface area contributed by atoms with Gasteiger partial charge in [0, 0.05) is 18.7 Å². The molecule has 2 aromatic rings. The summed E-state index contributed by atoms with van der Waals surface area (Å²) >= 11 is 6.46. The second-order valence-electron chi connectivity index (χ2n) is 6.02. The zero-order chi connectivity index (χ0) is 18.4. The highest BCUT2D eigenvalue weighted by atomic mass is 35.5. The second-order valence-corrected chi connectivity index (χ2v) is 6.83. The van der Waals surface area contributed by atoms with E-state index in [0.717, 1.165) is 0 Å². The first-order valence-electron chi connectivity index (χ1n) is 7.52. The average Bonchev–Trinajstić information content (AvgIpc) is 3.04. The number of hydrogen-bond donors (Lipinski definition) is 3. The first-order chi connectivity index (χ1) is 11.8. The molecule has 1 aliphatic rings. The van der Waals surface area contributed by atoms with Gasteiger partial charge < -0.3 is 24.8 Å². The summed E-state index contributed by atoms with van der Waals surface area (Å²) in [5, 5.41) is 22.5. The molecule has 1 saturated heterocycles. The van der Waals surface area contributed by atoms with Gasteiger partial charge in [0.1, 0.15) is 34.9 Å². The van der Waals surface area contributed by atoms with Crippen LogP contribution in [0.5, 0.6) is 0 Å². The van der Waals surface area contributed by atoms with Crippen molar-refractivity contribution in [3.8, 4) is 0 Å². The maximum absolute atomic E-state index is 11.5. The predicted molar refractivity (Wildman–Crippen MR) is 88.5 cm³/mol. The fourth-order valence-electron chi connectivity index (χ4n) is 3.01. The van der Waals surface area contributed by atoms with Crippen molar-refractivity contribution >= 4 is 40.6 Å². The summed E-state index contributed by atoms with van der Waals surface area (Å²) in [6.07, 6.45) is 0.416. The number of alkyl halides is 1. The largest absolute Gasteiger partial charge is 0.394 e. The van der Waals surface area contributed by atoms with Gasteiger partial charge in [-0.1, -0.05) is 0 Å². The summed E-state index contributed by atoms with van der Waals surface area (Å²) in [6, 6.07) is 0. The molecular formula is C15H17ClN4O5. The highest BCUT2D eigenvalue weighted by Gasteiger charge is 2.53. The summed E-state index contributed by atoms with van der Waals surface area (Å²) in [4.78, 5) is 29.8. The smallest absolute Gasteiger partial charge is 0.222 e. The molecule has 4 atom stereocenters. The molecule has 134 valence electrons. The van der Waals surface area contributed by atoms with Crippen LogP contribution >= 0.6 is 11.6 Å². The number of aromatic nitrogens is 3. The van der Waals surface area contributed by atoms with Crippen molar-refractivity contribution in [2.45, 2.75) is 37.2 Å². The number of aldehydes is 1. The van der Waals surface area contributed by atoms with Gasteiger partial charge in [-0.2, -0.15) is 0 Å². The molecule has 1 amide bonds. The molecule has 2 unspecified atom stereocenters. The number of nitrogens with one attached hydrogen (secondary N) is 1. The molecule has 25 heavy (non-hydrogen) atoms. The number of ether oxygens (including phenoxy) is 1. The molecule has 0 aromatic carbocycles. The molecule has 0 aliphatic carbocycles. The van der Waals surface area contributed by atoms with Crippen LogP contribution in [0.25, 0.3) is 11.0 Å². The highest BCUT2D eigenvalue weighted by Crippen LogP contribution is 2.44. The third kappa shape index (κ3) is 2.78. The molecule has 0 spiro atoms. The van der Waals surface area contributed by atoms with E-state index in [1.807, 2.05) is 0 Å². The molecule has 0 bridgehead atoms. The third-order valence-electron chi connectivity index (χ3n) is 4.21. The molecule has 2 aromatic heterocycles. The quantitative estimate of drug-likeness (QED) is 0.528. The lowest BCUT2D eigenvalue weighted by Crippen LogP contribution is -2.39. The van der Waals surface area contributed by atoms with Crippen LogP contribution in [0.1, 0.15) is 30.4 Å². The fraction of sp³-hybridized carbons (Fsp3) is 0.467. The normalized spacial score (nSPS) is 29.1. The van der Waals surface area contributed by atoms with E-state index in [1.165, 1.54) is 24.0 Å². The van der Waals surface area contributed by atoms with Crippen LogP contribution in [0.3, 0.4) is 0 Å². The van der Waals surface area contributed by atoms with E-state index >= 15 is 0 Å². The second kappa shape index (κ2) is 6.34. The Morgan fingerprint density at radius 3 is 2.84 bits per heavy atom. The van der Waals surface area contributed by atoms with Crippen molar-refractivity contribution in [3.05, 3.63) is 18.1 Å². The number of halogens is 1.